The monoisotopic (exact) mass is 321 g/mol. The molecule has 0 bridgehead atoms. The van der Waals surface area contributed by atoms with Gasteiger partial charge in [-0.2, -0.15) is 0 Å². The van der Waals surface area contributed by atoms with Gasteiger partial charge >= 0.3 is 6.09 Å². The summed E-state index contributed by atoms with van der Waals surface area (Å²) in [6.07, 6.45) is 1.05. The van der Waals surface area contributed by atoms with Crippen LogP contribution in [0.1, 0.15) is 32.8 Å². The first-order chi connectivity index (χ1) is 10.3. The summed E-state index contributed by atoms with van der Waals surface area (Å²) in [5, 5.41) is 0.656. The Bertz CT molecular complexity index is 599. The molecule has 1 aromatic rings. The number of nitrogens with zero attached hydrogens (tertiary/aromatic N) is 1. The third kappa shape index (κ3) is 4.10. The predicted molar refractivity (Wildman–Crippen MR) is 86.9 cm³/mol. The Morgan fingerprint density at radius 3 is 2.45 bits per heavy atom. The van der Waals surface area contributed by atoms with Gasteiger partial charge in [0, 0.05) is 17.1 Å². The van der Waals surface area contributed by atoms with E-state index in [1.165, 1.54) is 0 Å². The van der Waals surface area contributed by atoms with Gasteiger partial charge in [-0.3, -0.25) is 4.79 Å². The summed E-state index contributed by atoms with van der Waals surface area (Å²) < 4.78 is 5.36. The number of hydrogen-bond acceptors (Lipinski definition) is 3. The minimum absolute atomic E-state index is 0.274. The molecule has 0 unspecified atom stereocenters. The summed E-state index contributed by atoms with van der Waals surface area (Å²) in [7, 11) is 0. The first-order valence-electron chi connectivity index (χ1n) is 7.21. The van der Waals surface area contributed by atoms with Gasteiger partial charge in [-0.1, -0.05) is 23.7 Å². The zero-order chi connectivity index (χ0) is 16.3. The van der Waals surface area contributed by atoms with Crippen LogP contribution in [0.4, 0.5) is 4.79 Å². The van der Waals surface area contributed by atoms with Crippen molar-refractivity contribution in [3.05, 3.63) is 40.4 Å². The topological polar surface area (TPSA) is 46.6 Å². The third-order valence-electron chi connectivity index (χ3n) is 3.37. The number of ether oxygens (including phenoxy) is 1. The van der Waals surface area contributed by atoms with E-state index in [2.05, 4.69) is 0 Å². The first kappa shape index (κ1) is 16.6. The second kappa shape index (κ2) is 6.53. The van der Waals surface area contributed by atoms with Gasteiger partial charge < -0.3 is 9.64 Å². The van der Waals surface area contributed by atoms with E-state index >= 15 is 0 Å². The molecule has 0 spiro atoms. The highest BCUT2D eigenvalue weighted by molar-refractivity contribution is 6.30. The van der Waals surface area contributed by atoms with Crippen molar-refractivity contribution in [1.82, 2.24) is 4.90 Å². The minimum atomic E-state index is -0.543. The Labute approximate surface area is 135 Å². The fourth-order valence-electron chi connectivity index (χ4n) is 2.36. The van der Waals surface area contributed by atoms with Crippen LogP contribution >= 0.6 is 11.6 Å². The van der Waals surface area contributed by atoms with Crippen molar-refractivity contribution >= 4 is 29.6 Å². The Morgan fingerprint density at radius 1 is 1.27 bits per heavy atom. The second-order valence-electron chi connectivity index (χ2n) is 6.28. The van der Waals surface area contributed by atoms with Crippen LogP contribution in [0.15, 0.2) is 29.8 Å². The van der Waals surface area contributed by atoms with Crippen LogP contribution in [0.5, 0.6) is 0 Å². The van der Waals surface area contributed by atoms with Gasteiger partial charge in [0.2, 0.25) is 0 Å². The molecule has 2 rings (SSSR count). The van der Waals surface area contributed by atoms with E-state index in [9.17, 15) is 9.59 Å². The lowest BCUT2D eigenvalue weighted by Gasteiger charge is -2.31. The molecule has 118 valence electrons. The summed E-state index contributed by atoms with van der Waals surface area (Å²) in [6.45, 7) is 6.28. The summed E-state index contributed by atoms with van der Waals surface area (Å²) >= 11 is 5.89. The van der Waals surface area contributed by atoms with Gasteiger partial charge in [0.05, 0.1) is 6.54 Å². The van der Waals surface area contributed by atoms with Gasteiger partial charge in [-0.25, -0.2) is 4.79 Å². The Balaban J connectivity index is 2.19. The fraction of sp³-hybridized carbons (Fsp3) is 0.412. The highest BCUT2D eigenvalue weighted by Crippen LogP contribution is 2.28. The molecule has 22 heavy (non-hydrogen) atoms. The van der Waals surface area contributed by atoms with Crippen LogP contribution < -0.4 is 0 Å². The highest BCUT2D eigenvalue weighted by atomic mass is 35.5. The zero-order valence-electron chi connectivity index (χ0n) is 13.1. The van der Waals surface area contributed by atoms with Crippen molar-refractivity contribution < 1.29 is 14.3 Å². The van der Waals surface area contributed by atoms with E-state index in [1.54, 1.807) is 17.0 Å². The molecule has 0 atom stereocenters. The number of amides is 1. The van der Waals surface area contributed by atoms with Crippen molar-refractivity contribution in [3.8, 4) is 0 Å². The first-order valence-corrected chi connectivity index (χ1v) is 7.59. The molecule has 0 radical (unpaired) electrons. The molecule has 5 heteroatoms. The summed E-state index contributed by atoms with van der Waals surface area (Å²) in [4.78, 5) is 25.1. The number of hydrogen-bond donors (Lipinski definition) is 0. The maximum atomic E-state index is 12.1. The molecule has 0 fully saturated rings. The fourth-order valence-corrected chi connectivity index (χ4v) is 2.48. The van der Waals surface area contributed by atoms with E-state index in [-0.39, 0.29) is 12.6 Å². The molecule has 0 saturated heterocycles. The van der Waals surface area contributed by atoms with Crippen LogP contribution in [0.25, 0.3) is 5.57 Å². The summed E-state index contributed by atoms with van der Waals surface area (Å²) in [6, 6.07) is 7.38. The van der Waals surface area contributed by atoms with Crippen molar-refractivity contribution in [3.63, 3.8) is 0 Å². The van der Waals surface area contributed by atoms with Crippen LogP contribution in [0.3, 0.4) is 0 Å². The van der Waals surface area contributed by atoms with Crippen molar-refractivity contribution in [2.45, 2.75) is 32.8 Å². The highest BCUT2D eigenvalue weighted by Gasteiger charge is 2.27. The van der Waals surface area contributed by atoms with E-state index < -0.39 is 5.60 Å². The lowest BCUT2D eigenvalue weighted by molar-refractivity contribution is -0.105. The van der Waals surface area contributed by atoms with E-state index in [4.69, 9.17) is 16.3 Å². The predicted octanol–water partition coefficient (Wildman–Crippen LogP) is 3.93. The number of carbonyl (C=O) groups is 2. The average molecular weight is 322 g/mol. The van der Waals surface area contributed by atoms with Gasteiger partial charge in [0.1, 0.15) is 11.9 Å². The number of halogens is 1. The number of carbonyl (C=O) groups excluding carboxylic acids is 2. The maximum Gasteiger partial charge on any atom is 0.410 e. The molecule has 0 aliphatic carbocycles. The normalized spacial score (nSPS) is 15.7. The van der Waals surface area contributed by atoms with Gasteiger partial charge in [-0.15, -0.1) is 0 Å². The third-order valence-corrected chi connectivity index (χ3v) is 3.62. The van der Waals surface area contributed by atoms with Crippen LogP contribution in [0.2, 0.25) is 5.02 Å². The van der Waals surface area contributed by atoms with E-state index in [1.807, 2.05) is 32.9 Å². The van der Waals surface area contributed by atoms with Gasteiger partial charge in [-0.05, 0) is 50.5 Å². The van der Waals surface area contributed by atoms with Crippen molar-refractivity contribution in [2.75, 3.05) is 13.1 Å². The molecule has 1 aliphatic heterocycles. The van der Waals surface area contributed by atoms with Gasteiger partial charge in [0.15, 0.2) is 0 Å². The molecule has 1 aliphatic rings. The average Bonchev–Trinajstić information content (AvgIpc) is 2.45. The standard InChI is InChI=1S/C17H20ClNO3/c1-17(2,3)22-16(21)19-9-8-15(13(10-19)11-20)12-4-6-14(18)7-5-12/h4-7,11H,8-10H2,1-3H3. The molecule has 1 heterocycles. The van der Waals surface area contributed by atoms with E-state index in [0.717, 1.165) is 17.4 Å². The Hall–Kier alpha value is -1.81. The SMILES string of the molecule is CC(C)(C)OC(=O)N1CCC(c2ccc(Cl)cc2)=C(C=O)C1. The van der Waals surface area contributed by atoms with Crippen LogP contribution in [-0.2, 0) is 9.53 Å². The summed E-state index contributed by atoms with van der Waals surface area (Å²) in [5.74, 6) is 0. The minimum Gasteiger partial charge on any atom is -0.444 e. The molecule has 4 nitrogen and oxygen atoms in total. The van der Waals surface area contributed by atoms with Crippen molar-refractivity contribution in [2.24, 2.45) is 0 Å². The lowest BCUT2D eigenvalue weighted by atomic mass is 9.94. The van der Waals surface area contributed by atoms with Gasteiger partial charge in [0.25, 0.3) is 0 Å². The summed E-state index contributed by atoms with van der Waals surface area (Å²) in [5.41, 5.74) is 2.00. The van der Waals surface area contributed by atoms with Crippen LogP contribution in [0, 0.1) is 0 Å². The Morgan fingerprint density at radius 2 is 1.91 bits per heavy atom. The van der Waals surface area contributed by atoms with Crippen LogP contribution in [-0.4, -0.2) is 36.0 Å². The largest absolute Gasteiger partial charge is 0.444 e. The molecule has 0 saturated carbocycles. The number of aldehydes is 1. The number of benzene rings is 1. The number of rotatable bonds is 2. The second-order valence-corrected chi connectivity index (χ2v) is 6.72. The molecule has 1 amide bonds. The molecule has 0 N–H and O–H groups in total. The lowest BCUT2D eigenvalue weighted by Crippen LogP contribution is -2.40. The molecule has 1 aromatic carbocycles. The Kier molecular flexibility index (Phi) is 4.91. The molecule has 0 aromatic heterocycles. The maximum absolute atomic E-state index is 12.1. The molecular weight excluding hydrogens is 302 g/mol. The molecular formula is C17H20ClNO3. The van der Waals surface area contributed by atoms with Crippen molar-refractivity contribution in [1.29, 1.82) is 0 Å². The quantitative estimate of drug-likeness (QED) is 0.775. The smallest absolute Gasteiger partial charge is 0.410 e. The zero-order valence-corrected chi connectivity index (χ0v) is 13.8. The van der Waals surface area contributed by atoms with E-state index in [0.29, 0.717) is 23.6 Å².